The third-order valence-corrected chi connectivity index (χ3v) is 6.23. The van der Waals surface area contributed by atoms with E-state index in [9.17, 15) is 18.9 Å². The van der Waals surface area contributed by atoms with Gasteiger partial charge in [-0.2, -0.15) is 0 Å². The summed E-state index contributed by atoms with van der Waals surface area (Å²) in [6.45, 7) is 0. The number of carbonyl (C=O) groups excluding carboxylic acids is 1. The van der Waals surface area contributed by atoms with Gasteiger partial charge in [-0.05, 0) is 0 Å². The number of aromatic nitrogens is 1. The number of benzene rings is 2. The van der Waals surface area contributed by atoms with Crippen molar-refractivity contribution in [1.82, 2.24) is 5.16 Å². The maximum absolute atomic E-state index is 12.8. The van der Waals surface area contributed by atoms with Crippen molar-refractivity contribution in [1.29, 1.82) is 0 Å². The van der Waals surface area contributed by atoms with Crippen LogP contribution in [-0.2, 0) is 10.8 Å². The van der Waals surface area contributed by atoms with Crippen molar-refractivity contribution >= 4 is 20.6 Å². The second kappa shape index (κ2) is 8.23. The Morgan fingerprint density at radius 3 is 2.27 bits per heavy atom. The van der Waals surface area contributed by atoms with Gasteiger partial charge < -0.3 is 0 Å². The molecule has 3 rings (SSSR count). The molecule has 26 heavy (non-hydrogen) atoms. The fraction of sp³-hybridized carbons (Fsp3) is 0. The molecule has 2 aromatic carbocycles. The topological polar surface area (TPSA) is 107 Å². The van der Waals surface area contributed by atoms with Gasteiger partial charge in [0, 0.05) is 0 Å². The van der Waals surface area contributed by atoms with Gasteiger partial charge in [-0.25, -0.2) is 0 Å². The summed E-state index contributed by atoms with van der Waals surface area (Å²) in [4.78, 5) is 23.7. The van der Waals surface area contributed by atoms with E-state index in [2.05, 4.69) is 5.16 Å². The van der Waals surface area contributed by atoms with E-state index in [1.54, 1.807) is 60.7 Å². The third-order valence-electron chi connectivity index (χ3n) is 3.14. The third kappa shape index (κ3) is 3.99. The number of aromatic carboxylic acids is 1. The number of halogens is 1. The van der Waals surface area contributed by atoms with Crippen LogP contribution in [0.15, 0.2) is 75.0 Å². The molecule has 134 valence electrons. The van der Waals surface area contributed by atoms with Gasteiger partial charge in [0.2, 0.25) is 0 Å². The molecule has 0 amide bonds. The number of nitrogens with zero attached hydrogens (tertiary/aromatic N) is 1. The Bertz CT molecular complexity index is 958. The number of carbonyl (C=O) groups is 2. The van der Waals surface area contributed by atoms with E-state index in [0.717, 1.165) is 0 Å². The average Bonchev–Trinajstić information content (AvgIpc) is 3.11. The SMILES string of the molecule is O=C([I-]Oc1noc(C(=O)O)c1S(=O)c1ccccc1)c1ccccc1. The van der Waals surface area contributed by atoms with Crippen LogP contribution in [0.25, 0.3) is 0 Å². The van der Waals surface area contributed by atoms with E-state index in [1.807, 2.05) is 0 Å². The molecule has 1 atom stereocenters. The Morgan fingerprint density at radius 1 is 1.04 bits per heavy atom. The molecular formula is C17H11INO6S-. The van der Waals surface area contributed by atoms with Gasteiger partial charge >= 0.3 is 161 Å². The van der Waals surface area contributed by atoms with E-state index in [-0.39, 0.29) is 14.6 Å². The Labute approximate surface area is 161 Å². The molecule has 0 saturated carbocycles. The molecule has 0 spiro atoms. The maximum atomic E-state index is 12.8. The zero-order valence-corrected chi connectivity index (χ0v) is 16.0. The van der Waals surface area contributed by atoms with E-state index >= 15 is 0 Å². The van der Waals surface area contributed by atoms with E-state index < -0.39 is 44.1 Å². The molecule has 0 fully saturated rings. The summed E-state index contributed by atoms with van der Waals surface area (Å²) in [5, 5.41) is 12.8. The standard InChI is InChI=1S/C17H11INO6S/c20-15(11-7-3-1-4-8-11)18-24-16-14(13(17(21)22)25-19-16)26(23)12-9-5-2-6-10-12/h1-10H,(H,21,22)/q-1. The molecule has 7 nitrogen and oxygen atoms in total. The molecule has 1 heterocycles. The first kappa shape index (κ1) is 18.3. The zero-order chi connectivity index (χ0) is 18.5. The monoisotopic (exact) mass is 484 g/mol. The van der Waals surface area contributed by atoms with Crippen molar-refractivity contribution < 1.29 is 48.1 Å². The summed E-state index contributed by atoms with van der Waals surface area (Å²) in [6, 6.07) is 16.8. The summed E-state index contributed by atoms with van der Waals surface area (Å²) in [5.74, 6) is -2.22. The van der Waals surface area contributed by atoms with Crippen molar-refractivity contribution in [2.24, 2.45) is 0 Å². The summed E-state index contributed by atoms with van der Waals surface area (Å²) in [7, 11) is -1.87. The minimum absolute atomic E-state index is 0.190. The normalized spacial score (nSPS) is 11.8. The van der Waals surface area contributed by atoms with Crippen LogP contribution in [0.1, 0.15) is 20.9 Å². The molecule has 0 bridgehead atoms. The van der Waals surface area contributed by atoms with Crippen molar-refractivity contribution in [2.45, 2.75) is 9.79 Å². The molecule has 1 aromatic heterocycles. The Morgan fingerprint density at radius 2 is 1.65 bits per heavy atom. The van der Waals surface area contributed by atoms with Gasteiger partial charge in [0.25, 0.3) is 0 Å². The Kier molecular flexibility index (Phi) is 5.78. The molecule has 0 aliphatic rings. The van der Waals surface area contributed by atoms with E-state index in [1.165, 1.54) is 0 Å². The van der Waals surface area contributed by atoms with Gasteiger partial charge in [0.1, 0.15) is 0 Å². The number of hydrogen-bond donors (Lipinski definition) is 1. The van der Waals surface area contributed by atoms with Crippen LogP contribution in [0.5, 0.6) is 5.88 Å². The van der Waals surface area contributed by atoms with Crippen LogP contribution in [0.4, 0.5) is 0 Å². The quantitative estimate of drug-likeness (QED) is 0.365. The molecule has 0 radical (unpaired) electrons. The number of hydrogen-bond acceptors (Lipinski definition) is 6. The molecule has 0 saturated heterocycles. The number of rotatable bonds is 7. The van der Waals surface area contributed by atoms with Gasteiger partial charge in [-0.3, -0.25) is 0 Å². The first-order chi connectivity index (χ1) is 12.6. The number of carboxylic acid groups (broad SMARTS) is 1. The van der Waals surface area contributed by atoms with Gasteiger partial charge in [0.15, 0.2) is 0 Å². The molecule has 0 aliphatic carbocycles. The van der Waals surface area contributed by atoms with E-state index in [4.69, 9.17) is 7.59 Å². The summed E-state index contributed by atoms with van der Waals surface area (Å²) in [5.41, 5.74) is 0.480. The molecular weight excluding hydrogens is 473 g/mol. The molecule has 0 aliphatic heterocycles. The fourth-order valence-corrected chi connectivity index (χ4v) is 4.61. The summed E-state index contributed by atoms with van der Waals surface area (Å²) >= 11 is -1.50. The van der Waals surface area contributed by atoms with Gasteiger partial charge in [-0.1, -0.05) is 0 Å². The van der Waals surface area contributed by atoms with Crippen molar-refractivity contribution in [2.75, 3.05) is 0 Å². The molecule has 1 N–H and O–H groups in total. The first-order valence-electron chi connectivity index (χ1n) is 7.19. The van der Waals surface area contributed by atoms with Crippen molar-refractivity contribution in [3.63, 3.8) is 0 Å². The van der Waals surface area contributed by atoms with Crippen LogP contribution in [0.3, 0.4) is 0 Å². The fourth-order valence-electron chi connectivity index (χ4n) is 1.96. The predicted octanol–water partition coefficient (Wildman–Crippen LogP) is -0.237. The summed E-state index contributed by atoms with van der Waals surface area (Å²) < 4.78 is 22.7. The minimum atomic E-state index is -1.87. The van der Waals surface area contributed by atoms with Crippen LogP contribution in [-0.4, -0.2) is 24.2 Å². The zero-order valence-electron chi connectivity index (χ0n) is 13.0. The van der Waals surface area contributed by atoms with Crippen molar-refractivity contribution in [3.8, 4) is 5.88 Å². The van der Waals surface area contributed by atoms with Crippen molar-refractivity contribution in [3.05, 3.63) is 72.0 Å². The predicted molar refractivity (Wildman–Crippen MR) is 86.0 cm³/mol. The van der Waals surface area contributed by atoms with E-state index in [0.29, 0.717) is 10.5 Å². The van der Waals surface area contributed by atoms with Crippen LogP contribution in [0.2, 0.25) is 0 Å². The van der Waals surface area contributed by atoms with Crippen LogP contribution < -0.4 is 24.7 Å². The first-order valence-corrected chi connectivity index (χ1v) is 10.3. The average molecular weight is 484 g/mol. The number of carboxylic acids is 1. The Hall–Kier alpha value is -2.53. The second-order valence-corrected chi connectivity index (χ2v) is 8.10. The Balaban J connectivity index is 1.87. The van der Waals surface area contributed by atoms with Gasteiger partial charge in [0.05, 0.1) is 0 Å². The van der Waals surface area contributed by atoms with Gasteiger partial charge in [-0.15, -0.1) is 0 Å². The summed E-state index contributed by atoms with van der Waals surface area (Å²) in [6.07, 6.45) is 0. The second-order valence-electron chi connectivity index (χ2n) is 4.83. The molecule has 1 unspecified atom stereocenters. The van der Waals surface area contributed by atoms with Crippen LogP contribution >= 0.6 is 0 Å². The van der Waals surface area contributed by atoms with Crippen LogP contribution in [0, 0.1) is 0 Å². The molecule has 9 heteroatoms. The molecule has 3 aromatic rings.